The number of aliphatic hydroxyl groups excluding tert-OH is 1. The van der Waals surface area contributed by atoms with Crippen molar-refractivity contribution in [2.75, 3.05) is 56.9 Å². The molecule has 1 fully saturated rings. The van der Waals surface area contributed by atoms with Crippen LogP contribution in [0.5, 0.6) is 5.75 Å². The van der Waals surface area contributed by atoms with Crippen molar-refractivity contribution >= 4 is 23.4 Å². The summed E-state index contributed by atoms with van der Waals surface area (Å²) in [5.41, 5.74) is 3.08. The number of β-amino-alcohol motifs (C(OH)–C–C–N with tert-alkyl or cyclic N) is 1. The molecule has 1 aliphatic rings. The molecule has 34 heavy (non-hydrogen) atoms. The smallest absolute Gasteiger partial charge is 0.238 e. The fraction of sp³-hybridized carbons (Fsp3) is 0.519. The van der Waals surface area contributed by atoms with Gasteiger partial charge in [0, 0.05) is 43.3 Å². The molecule has 1 atom stereocenters. The minimum Gasteiger partial charge on any atom is -0.491 e. The number of ether oxygens (including phenoxy) is 1. The number of nitrogens with zero attached hydrogens (tertiary/aromatic N) is 2. The Kier molecular flexibility index (Phi) is 10.7. The molecule has 186 valence electrons. The van der Waals surface area contributed by atoms with Gasteiger partial charge in [-0.3, -0.25) is 14.6 Å². The van der Waals surface area contributed by atoms with E-state index < -0.39 is 6.10 Å². The highest BCUT2D eigenvalue weighted by Gasteiger charge is 2.21. The zero-order valence-electron chi connectivity index (χ0n) is 20.8. The summed E-state index contributed by atoms with van der Waals surface area (Å²) >= 11 is 1.87. The first kappa shape index (κ1) is 26.5. The Bertz CT molecular complexity index is 878. The Balaban J connectivity index is 1.33. The molecular formula is C27H39N3O3S. The van der Waals surface area contributed by atoms with Gasteiger partial charge in [-0.2, -0.15) is 0 Å². The van der Waals surface area contributed by atoms with E-state index in [0.717, 1.165) is 54.5 Å². The lowest BCUT2D eigenvalue weighted by molar-refractivity contribution is -0.117. The highest BCUT2D eigenvalue weighted by molar-refractivity contribution is 7.99. The zero-order chi connectivity index (χ0) is 24.3. The van der Waals surface area contributed by atoms with E-state index in [1.807, 2.05) is 55.9 Å². The summed E-state index contributed by atoms with van der Waals surface area (Å²) in [4.78, 5) is 18.2. The number of piperazine rings is 1. The molecule has 1 heterocycles. The van der Waals surface area contributed by atoms with Crippen LogP contribution >= 0.6 is 11.8 Å². The molecule has 1 amide bonds. The first-order valence-corrected chi connectivity index (χ1v) is 13.3. The Morgan fingerprint density at radius 1 is 1.06 bits per heavy atom. The van der Waals surface area contributed by atoms with Crippen LogP contribution in [-0.2, 0) is 4.79 Å². The second kappa shape index (κ2) is 13.7. The summed E-state index contributed by atoms with van der Waals surface area (Å²) in [6.45, 7) is 10.8. The maximum absolute atomic E-state index is 12.5. The minimum atomic E-state index is -0.544. The number of amides is 1. The topological polar surface area (TPSA) is 65.0 Å². The van der Waals surface area contributed by atoms with Crippen LogP contribution < -0.4 is 10.1 Å². The van der Waals surface area contributed by atoms with E-state index in [0.29, 0.717) is 13.1 Å². The number of nitrogens with one attached hydrogen (secondary N) is 1. The van der Waals surface area contributed by atoms with E-state index in [4.69, 9.17) is 4.74 Å². The number of aryl methyl sites for hydroxylation is 2. The molecule has 3 rings (SSSR count). The summed E-state index contributed by atoms with van der Waals surface area (Å²) in [5.74, 6) is 1.95. The van der Waals surface area contributed by atoms with Crippen molar-refractivity contribution in [1.29, 1.82) is 0 Å². The molecule has 0 bridgehead atoms. The van der Waals surface area contributed by atoms with Gasteiger partial charge in [0.2, 0.25) is 5.91 Å². The third kappa shape index (κ3) is 8.62. The molecular weight excluding hydrogens is 446 g/mol. The van der Waals surface area contributed by atoms with Crippen molar-refractivity contribution in [3.05, 3.63) is 53.6 Å². The van der Waals surface area contributed by atoms with Crippen molar-refractivity contribution in [3.63, 3.8) is 0 Å². The molecule has 0 saturated carbocycles. The number of para-hydroxylation sites is 1. The van der Waals surface area contributed by atoms with Gasteiger partial charge in [-0.05, 0) is 61.4 Å². The van der Waals surface area contributed by atoms with E-state index in [9.17, 15) is 9.90 Å². The van der Waals surface area contributed by atoms with Gasteiger partial charge in [0.1, 0.15) is 18.5 Å². The van der Waals surface area contributed by atoms with Crippen molar-refractivity contribution in [3.8, 4) is 5.75 Å². The first-order chi connectivity index (χ1) is 16.4. The number of thioether (sulfide) groups is 1. The van der Waals surface area contributed by atoms with Crippen LogP contribution in [0, 0.1) is 13.8 Å². The molecule has 7 heteroatoms. The standard InChI is InChI=1S/C27H39N3O3S/c1-4-5-17-34-25-11-9-24(10-12-25)33-20-23(31)18-29-13-15-30(16-14-29)19-26(32)28-27-21(2)7-6-8-22(27)3/h6-12,23,31H,4-5,13-20H2,1-3H3,(H,28,32). The number of hydrogen-bond donors (Lipinski definition) is 2. The number of aliphatic hydroxyl groups is 1. The van der Waals surface area contributed by atoms with Crippen molar-refractivity contribution in [1.82, 2.24) is 9.80 Å². The lowest BCUT2D eigenvalue weighted by atomic mass is 10.1. The number of anilines is 1. The summed E-state index contributed by atoms with van der Waals surface area (Å²) in [5, 5.41) is 13.5. The van der Waals surface area contributed by atoms with Crippen LogP contribution in [0.3, 0.4) is 0 Å². The van der Waals surface area contributed by atoms with Gasteiger partial charge in [0.15, 0.2) is 0 Å². The number of hydrogen-bond acceptors (Lipinski definition) is 6. The molecule has 2 aromatic carbocycles. The predicted molar refractivity (Wildman–Crippen MR) is 141 cm³/mol. The number of carbonyl (C=O) groups is 1. The predicted octanol–water partition coefficient (Wildman–Crippen LogP) is 4.19. The Morgan fingerprint density at radius 2 is 1.71 bits per heavy atom. The lowest BCUT2D eigenvalue weighted by Gasteiger charge is -2.35. The Morgan fingerprint density at radius 3 is 2.35 bits per heavy atom. The fourth-order valence-electron chi connectivity index (χ4n) is 4.03. The molecule has 0 aromatic heterocycles. The largest absolute Gasteiger partial charge is 0.491 e. The molecule has 2 N–H and O–H groups in total. The summed E-state index contributed by atoms with van der Waals surface area (Å²) in [6, 6.07) is 14.1. The van der Waals surface area contributed by atoms with Crippen molar-refractivity contribution in [2.45, 2.75) is 44.6 Å². The summed E-state index contributed by atoms with van der Waals surface area (Å²) in [6.07, 6.45) is 1.89. The SMILES string of the molecule is CCCCSc1ccc(OCC(O)CN2CCN(CC(=O)Nc3c(C)cccc3C)CC2)cc1. The highest BCUT2D eigenvalue weighted by Crippen LogP contribution is 2.22. The van der Waals surface area contributed by atoms with Crippen LogP contribution in [0.1, 0.15) is 30.9 Å². The van der Waals surface area contributed by atoms with Gasteiger partial charge in [-0.1, -0.05) is 31.5 Å². The molecule has 6 nitrogen and oxygen atoms in total. The average Bonchev–Trinajstić information content (AvgIpc) is 2.82. The second-order valence-electron chi connectivity index (χ2n) is 9.03. The normalized spacial score (nSPS) is 15.8. The molecule has 1 unspecified atom stereocenters. The molecule has 0 aliphatic carbocycles. The lowest BCUT2D eigenvalue weighted by Crippen LogP contribution is -2.50. The maximum Gasteiger partial charge on any atom is 0.238 e. The van der Waals surface area contributed by atoms with Crippen molar-refractivity contribution < 1.29 is 14.6 Å². The molecule has 2 aromatic rings. The number of rotatable bonds is 12. The van der Waals surface area contributed by atoms with Crippen LogP contribution in [0.4, 0.5) is 5.69 Å². The molecule has 0 spiro atoms. The van der Waals surface area contributed by atoms with Gasteiger partial charge in [0.05, 0.1) is 6.54 Å². The van der Waals surface area contributed by atoms with Crippen molar-refractivity contribution in [2.24, 2.45) is 0 Å². The summed E-state index contributed by atoms with van der Waals surface area (Å²) < 4.78 is 5.79. The third-order valence-electron chi connectivity index (χ3n) is 6.08. The van der Waals surface area contributed by atoms with E-state index in [-0.39, 0.29) is 12.5 Å². The zero-order valence-corrected chi connectivity index (χ0v) is 21.6. The van der Waals surface area contributed by atoms with Gasteiger partial charge < -0.3 is 15.2 Å². The fourth-order valence-corrected chi connectivity index (χ4v) is 5.03. The van der Waals surface area contributed by atoms with Gasteiger partial charge >= 0.3 is 0 Å². The quantitative estimate of drug-likeness (QED) is 0.347. The molecule has 0 radical (unpaired) electrons. The molecule has 1 saturated heterocycles. The van der Waals surface area contributed by atoms with Crippen LogP contribution in [0.2, 0.25) is 0 Å². The molecule has 1 aliphatic heterocycles. The average molecular weight is 486 g/mol. The van der Waals surface area contributed by atoms with E-state index in [1.54, 1.807) is 0 Å². The Labute approximate surface area is 208 Å². The van der Waals surface area contributed by atoms with Crippen LogP contribution in [0.15, 0.2) is 47.4 Å². The highest BCUT2D eigenvalue weighted by atomic mass is 32.2. The number of unbranched alkanes of at least 4 members (excludes halogenated alkanes) is 1. The minimum absolute atomic E-state index is 0.0223. The third-order valence-corrected chi connectivity index (χ3v) is 7.18. The van der Waals surface area contributed by atoms with Gasteiger partial charge in [-0.25, -0.2) is 0 Å². The van der Waals surface area contributed by atoms with Crippen LogP contribution in [0.25, 0.3) is 0 Å². The van der Waals surface area contributed by atoms with Gasteiger partial charge in [-0.15, -0.1) is 11.8 Å². The van der Waals surface area contributed by atoms with E-state index >= 15 is 0 Å². The van der Waals surface area contributed by atoms with Gasteiger partial charge in [0.25, 0.3) is 0 Å². The second-order valence-corrected chi connectivity index (χ2v) is 10.2. The first-order valence-electron chi connectivity index (χ1n) is 12.3. The van der Waals surface area contributed by atoms with E-state index in [2.05, 4.69) is 34.2 Å². The Hall–Kier alpha value is -2.06. The summed E-state index contributed by atoms with van der Waals surface area (Å²) in [7, 11) is 0. The monoisotopic (exact) mass is 485 g/mol. The number of benzene rings is 2. The number of carbonyl (C=O) groups excluding carboxylic acids is 1. The van der Waals surface area contributed by atoms with Crippen LogP contribution in [-0.4, -0.2) is 78.5 Å². The maximum atomic E-state index is 12.5. The van der Waals surface area contributed by atoms with E-state index in [1.165, 1.54) is 17.7 Å².